The Morgan fingerprint density at radius 2 is 0.816 bits per heavy atom. The van der Waals surface area contributed by atoms with Gasteiger partial charge in [-0.25, -0.2) is 15.0 Å². The first-order valence-electron chi connectivity index (χ1n) is 25.6. The molecule has 1 aliphatic rings. The summed E-state index contributed by atoms with van der Waals surface area (Å²) in [6.45, 7) is 0. The van der Waals surface area contributed by atoms with Gasteiger partial charge in [-0.1, -0.05) is 194 Å². The predicted octanol–water partition coefficient (Wildman–Crippen LogP) is 18.7. The van der Waals surface area contributed by atoms with E-state index in [9.17, 15) is 0 Å². The molecule has 0 radical (unpaired) electrons. The maximum atomic E-state index is 6.66. The molecule has 1 aliphatic carbocycles. The normalized spacial score (nSPS) is 12.8. The molecule has 76 heavy (non-hydrogen) atoms. The highest BCUT2D eigenvalue weighted by Gasteiger charge is 2.46. The average Bonchev–Trinajstić information content (AvgIpc) is 4.27. The molecule has 16 rings (SSSR count). The lowest BCUT2D eigenvalue weighted by atomic mass is 9.67. The van der Waals surface area contributed by atoms with Crippen LogP contribution >= 0.6 is 11.3 Å². The van der Waals surface area contributed by atoms with Gasteiger partial charge in [-0.05, 0) is 110 Å². The highest BCUT2D eigenvalue weighted by atomic mass is 32.1. The van der Waals surface area contributed by atoms with E-state index in [1.54, 1.807) is 11.3 Å². The van der Waals surface area contributed by atoms with E-state index in [0.717, 1.165) is 82.6 Å². The van der Waals surface area contributed by atoms with Crippen LogP contribution in [0.5, 0.6) is 0 Å². The molecule has 0 spiro atoms. The van der Waals surface area contributed by atoms with Crippen LogP contribution in [0.2, 0.25) is 0 Å². The molecular formula is C70H41N3O2S. The molecule has 5 nitrogen and oxygen atoms in total. The van der Waals surface area contributed by atoms with Crippen molar-refractivity contribution in [2.45, 2.75) is 5.41 Å². The van der Waals surface area contributed by atoms with Crippen LogP contribution in [-0.4, -0.2) is 15.0 Å². The maximum Gasteiger partial charge on any atom is 0.164 e. The van der Waals surface area contributed by atoms with Gasteiger partial charge in [0, 0.05) is 58.4 Å². The first kappa shape index (κ1) is 42.7. The number of furan rings is 2. The van der Waals surface area contributed by atoms with Crippen LogP contribution in [-0.2, 0) is 5.41 Å². The molecular weight excluding hydrogens is 947 g/mol. The largest absolute Gasteiger partial charge is 0.456 e. The summed E-state index contributed by atoms with van der Waals surface area (Å²) in [6, 6.07) is 88.8. The summed E-state index contributed by atoms with van der Waals surface area (Å²) >= 11 is 1.78. The van der Waals surface area contributed by atoms with Crippen LogP contribution in [0.25, 0.3) is 132 Å². The number of benzene rings is 11. The summed E-state index contributed by atoms with van der Waals surface area (Å²) in [7, 11) is 0. The minimum absolute atomic E-state index is 0.465. The number of nitrogens with zero attached hydrogens (tertiary/aromatic N) is 3. The Balaban J connectivity index is 0.838. The fourth-order valence-electron chi connectivity index (χ4n) is 12.3. The van der Waals surface area contributed by atoms with Crippen LogP contribution < -0.4 is 0 Å². The van der Waals surface area contributed by atoms with Gasteiger partial charge in [0.1, 0.15) is 22.3 Å². The van der Waals surface area contributed by atoms with Crippen molar-refractivity contribution in [2.75, 3.05) is 0 Å². The van der Waals surface area contributed by atoms with Gasteiger partial charge in [-0.15, -0.1) is 11.3 Å². The standard InChI is InChI=1S/C70H41N3O2S/c1-3-16-46(17-4-1)70(47-18-5-2-6-19-47)56-26-10-7-21-50(56)64-48(23-13-27-57(64)70)43-34-32-42(33-35-43)44-36-38-60-55(40-44)65-52(24-14-29-61(65)75-60)68-71-67(45-37-39-59-54(41-45)49-20-8-11-28-58(49)74-59)72-69(73-68)53-25-15-31-63-66(53)51-22-9-12-30-62(51)76-63/h1-41H. The molecule has 4 heterocycles. The van der Waals surface area contributed by atoms with Crippen molar-refractivity contribution in [2.24, 2.45) is 0 Å². The van der Waals surface area contributed by atoms with E-state index in [1.807, 2.05) is 42.5 Å². The SMILES string of the molecule is c1ccc(C2(c3ccccc3)c3ccccc3-c3c(-c4ccc(-c5ccc6oc7cccc(-c8nc(-c9ccc%10oc%11ccccc%11c%10c9)nc(-c9cccc%10sc%11ccccc%11c9%10)n8)c7c6c5)cc4)cccc32)cc1. The number of rotatable bonds is 7. The average molecular weight is 988 g/mol. The Bertz CT molecular complexity index is 4780. The van der Waals surface area contributed by atoms with E-state index >= 15 is 0 Å². The van der Waals surface area contributed by atoms with E-state index in [0.29, 0.717) is 17.5 Å². The van der Waals surface area contributed by atoms with Crippen molar-refractivity contribution >= 4 is 75.4 Å². The summed E-state index contributed by atoms with van der Waals surface area (Å²) in [5, 5.41) is 6.32. The van der Waals surface area contributed by atoms with Crippen molar-refractivity contribution in [3.8, 4) is 67.5 Å². The molecule has 15 aromatic rings. The highest BCUT2D eigenvalue weighted by Crippen LogP contribution is 2.58. The predicted molar refractivity (Wildman–Crippen MR) is 312 cm³/mol. The Kier molecular flexibility index (Phi) is 9.35. The molecule has 0 atom stereocenters. The van der Waals surface area contributed by atoms with Gasteiger partial charge in [-0.3, -0.25) is 0 Å². The van der Waals surface area contributed by atoms with Gasteiger partial charge in [0.15, 0.2) is 17.5 Å². The van der Waals surface area contributed by atoms with E-state index in [1.165, 1.54) is 53.7 Å². The summed E-state index contributed by atoms with van der Waals surface area (Å²) < 4.78 is 15.3. The van der Waals surface area contributed by atoms with Gasteiger partial charge in [0.05, 0.1) is 5.41 Å². The van der Waals surface area contributed by atoms with Gasteiger partial charge >= 0.3 is 0 Å². The zero-order valence-corrected chi connectivity index (χ0v) is 41.6. The molecule has 354 valence electrons. The van der Waals surface area contributed by atoms with Crippen LogP contribution in [0.15, 0.2) is 258 Å². The lowest BCUT2D eigenvalue weighted by molar-refractivity contribution is 0.668. The van der Waals surface area contributed by atoms with E-state index < -0.39 is 5.41 Å². The molecule has 0 N–H and O–H groups in total. The monoisotopic (exact) mass is 987 g/mol. The molecule has 6 heteroatoms. The van der Waals surface area contributed by atoms with Gasteiger partial charge in [-0.2, -0.15) is 0 Å². The van der Waals surface area contributed by atoms with E-state index in [-0.39, 0.29) is 0 Å². The van der Waals surface area contributed by atoms with E-state index in [4.69, 9.17) is 23.8 Å². The molecule has 0 saturated carbocycles. The first-order valence-corrected chi connectivity index (χ1v) is 26.5. The lowest BCUT2D eigenvalue weighted by Crippen LogP contribution is -2.28. The minimum Gasteiger partial charge on any atom is -0.456 e. The van der Waals surface area contributed by atoms with Crippen LogP contribution in [0.4, 0.5) is 0 Å². The first-order chi connectivity index (χ1) is 37.7. The number of hydrogen-bond acceptors (Lipinski definition) is 6. The summed E-state index contributed by atoms with van der Waals surface area (Å²) in [4.78, 5) is 16.1. The second-order valence-electron chi connectivity index (χ2n) is 19.7. The Labute approximate surface area is 440 Å². The number of hydrogen-bond donors (Lipinski definition) is 0. The van der Waals surface area contributed by atoms with E-state index in [2.05, 4.69) is 206 Å². The molecule has 0 saturated heterocycles. The van der Waals surface area contributed by atoms with Gasteiger partial charge in [0.25, 0.3) is 0 Å². The zero-order chi connectivity index (χ0) is 49.9. The van der Waals surface area contributed by atoms with Crippen molar-refractivity contribution in [1.82, 2.24) is 15.0 Å². The minimum atomic E-state index is -0.465. The fraction of sp³-hybridized carbons (Fsp3) is 0.0143. The topological polar surface area (TPSA) is 65.0 Å². The second kappa shape index (κ2) is 16.6. The number of thiophene rings is 1. The Morgan fingerprint density at radius 1 is 0.303 bits per heavy atom. The Hall–Kier alpha value is -9.75. The van der Waals surface area contributed by atoms with Crippen LogP contribution in [0, 0.1) is 0 Å². The summed E-state index contributed by atoms with van der Waals surface area (Å²) in [6.07, 6.45) is 0. The summed E-state index contributed by atoms with van der Waals surface area (Å²) in [5.41, 5.74) is 17.7. The van der Waals surface area contributed by atoms with Crippen molar-refractivity contribution in [3.63, 3.8) is 0 Å². The summed E-state index contributed by atoms with van der Waals surface area (Å²) in [5.74, 6) is 1.75. The van der Waals surface area contributed by atoms with Crippen molar-refractivity contribution < 1.29 is 8.83 Å². The third-order valence-electron chi connectivity index (χ3n) is 15.7. The highest BCUT2D eigenvalue weighted by molar-refractivity contribution is 7.25. The molecule has 0 amide bonds. The zero-order valence-electron chi connectivity index (χ0n) is 40.7. The lowest BCUT2D eigenvalue weighted by Gasteiger charge is -2.34. The molecule has 11 aromatic carbocycles. The second-order valence-corrected chi connectivity index (χ2v) is 20.8. The number of para-hydroxylation sites is 1. The van der Waals surface area contributed by atoms with Gasteiger partial charge < -0.3 is 8.83 Å². The van der Waals surface area contributed by atoms with Crippen molar-refractivity contribution in [3.05, 3.63) is 271 Å². The van der Waals surface area contributed by atoms with Gasteiger partial charge in [0.2, 0.25) is 0 Å². The van der Waals surface area contributed by atoms with Crippen molar-refractivity contribution in [1.29, 1.82) is 0 Å². The third kappa shape index (κ3) is 6.35. The smallest absolute Gasteiger partial charge is 0.164 e. The molecule has 0 bridgehead atoms. The third-order valence-corrected chi connectivity index (χ3v) is 16.8. The fourth-order valence-corrected chi connectivity index (χ4v) is 13.5. The molecule has 4 aromatic heterocycles. The quantitative estimate of drug-likeness (QED) is 0.159. The number of aromatic nitrogens is 3. The Morgan fingerprint density at radius 3 is 1.62 bits per heavy atom. The molecule has 0 unspecified atom stereocenters. The molecule has 0 fully saturated rings. The van der Waals surface area contributed by atoms with Crippen LogP contribution in [0.3, 0.4) is 0 Å². The molecule has 0 aliphatic heterocycles. The maximum absolute atomic E-state index is 6.66. The number of fused-ring (bicyclic) bond motifs is 12. The van der Waals surface area contributed by atoms with Crippen LogP contribution in [0.1, 0.15) is 22.3 Å².